The van der Waals surface area contributed by atoms with E-state index in [4.69, 9.17) is 82.2 Å². The summed E-state index contributed by atoms with van der Waals surface area (Å²) in [6.45, 7) is 4.64. The van der Waals surface area contributed by atoms with E-state index < -0.39 is 102 Å². The maximum Gasteiger partial charge on any atom is 0.407 e. The van der Waals surface area contributed by atoms with Gasteiger partial charge in [0.2, 0.25) is 3.79 Å². The molecule has 20 heteroatoms. The second kappa shape index (κ2) is 28.0. The van der Waals surface area contributed by atoms with E-state index in [1.54, 1.807) is 0 Å². The van der Waals surface area contributed by atoms with Crippen molar-refractivity contribution in [2.45, 2.75) is 130 Å². The zero-order valence-electron chi connectivity index (χ0n) is 40.1. The Bertz CT molecular complexity index is 2350. The van der Waals surface area contributed by atoms with Crippen molar-refractivity contribution in [2.24, 2.45) is 0 Å². The lowest BCUT2D eigenvalue weighted by Crippen LogP contribution is -2.68. The Morgan fingerprint density at radius 3 is 1.74 bits per heavy atom. The fourth-order valence-corrected chi connectivity index (χ4v) is 9.04. The molecular weight excluding hydrogens is 1020 g/mol. The minimum Gasteiger partial charge on any atom is -0.463 e. The average molecular weight is 1080 g/mol. The number of carbonyl (C=O) groups excluding carboxylic acids is 5. The van der Waals surface area contributed by atoms with Crippen LogP contribution in [-0.2, 0) is 86.4 Å². The quantitative estimate of drug-likeness (QED) is 0.0422. The van der Waals surface area contributed by atoms with Crippen molar-refractivity contribution in [3.8, 4) is 0 Å². The lowest BCUT2D eigenvalue weighted by atomic mass is 9.95. The lowest BCUT2D eigenvalue weighted by Gasteiger charge is -2.50. The molecule has 72 heavy (non-hydrogen) atoms. The number of hydrogen-bond donors (Lipinski definition) is 1. The van der Waals surface area contributed by atoms with Crippen LogP contribution in [0.4, 0.5) is 4.79 Å². The molecule has 0 unspecified atom stereocenters. The summed E-state index contributed by atoms with van der Waals surface area (Å²) in [5.41, 5.74) is 2.30. The van der Waals surface area contributed by atoms with Crippen molar-refractivity contribution in [1.29, 1.82) is 0 Å². The predicted octanol–water partition coefficient (Wildman–Crippen LogP) is 8.55. The van der Waals surface area contributed by atoms with Crippen LogP contribution in [-0.4, -0.2) is 114 Å². The van der Waals surface area contributed by atoms with Crippen molar-refractivity contribution >= 4 is 76.3 Å². The summed E-state index contributed by atoms with van der Waals surface area (Å²) in [6, 6.07) is 34.2. The van der Waals surface area contributed by atoms with Crippen molar-refractivity contribution in [3.63, 3.8) is 0 Å². The lowest BCUT2D eigenvalue weighted by molar-refractivity contribution is -0.343. The van der Waals surface area contributed by atoms with Crippen LogP contribution in [0, 0.1) is 6.92 Å². The number of alkyl carbamates (subject to hydrolysis) is 1. The van der Waals surface area contributed by atoms with Crippen LogP contribution in [0.25, 0.3) is 0 Å². The Labute approximate surface area is 437 Å². The molecule has 6 rings (SSSR count). The molecule has 0 aromatic heterocycles. The molecule has 2 fully saturated rings. The number of rotatable bonds is 23. The first-order valence-electron chi connectivity index (χ1n) is 23.1. The SMILES string of the molecule is CC(=O)CCC(=O)O[C@H]1[C@H](O[C@@H]2[C@@H](NC(=O)OCC(Cl)(Cl)Cl)[C@H](Sc3ccc(C)cc3)O[C@H](COC(C)=O)[C@@H]2OC(C)=O)O[C@H](COCc2ccccc2)[C@H](OCc2ccccc2)[C@@H]1OCc1ccccc1. The predicted molar refractivity (Wildman–Crippen MR) is 266 cm³/mol. The molecule has 0 saturated carbocycles. The number of ether oxygens (including phenoxy) is 10. The minimum atomic E-state index is -2.00. The van der Waals surface area contributed by atoms with E-state index in [0.29, 0.717) is 4.90 Å². The second-order valence-corrected chi connectivity index (χ2v) is 20.7. The van der Waals surface area contributed by atoms with Gasteiger partial charge in [0, 0.05) is 25.2 Å². The highest BCUT2D eigenvalue weighted by Crippen LogP contribution is 2.39. The number of ketones is 1. The number of halogens is 3. The average Bonchev–Trinajstić information content (AvgIpc) is 3.34. The molecule has 2 heterocycles. The number of carbonyl (C=O) groups is 5. The Morgan fingerprint density at radius 2 is 1.18 bits per heavy atom. The Balaban J connectivity index is 1.49. The highest BCUT2D eigenvalue weighted by molar-refractivity contribution is 7.99. The van der Waals surface area contributed by atoms with E-state index in [1.807, 2.05) is 122 Å². The number of nitrogens with one attached hydrogen (secondary N) is 1. The number of alkyl halides is 3. The molecule has 388 valence electrons. The maximum atomic E-state index is 14.0. The van der Waals surface area contributed by atoms with Crippen molar-refractivity contribution < 1.29 is 71.3 Å². The van der Waals surface area contributed by atoms with Gasteiger partial charge in [-0.15, -0.1) is 0 Å². The molecule has 2 aliphatic rings. The fourth-order valence-electron chi connectivity index (χ4n) is 7.75. The van der Waals surface area contributed by atoms with Crippen LogP contribution >= 0.6 is 46.6 Å². The molecule has 0 spiro atoms. The van der Waals surface area contributed by atoms with Gasteiger partial charge in [0.15, 0.2) is 18.5 Å². The zero-order chi connectivity index (χ0) is 51.6. The normalized spacial score (nSPS) is 24.1. The molecule has 16 nitrogen and oxygen atoms in total. The van der Waals surface area contributed by atoms with Gasteiger partial charge in [-0.05, 0) is 42.7 Å². The molecule has 2 saturated heterocycles. The molecule has 0 radical (unpaired) electrons. The molecule has 1 N–H and O–H groups in total. The highest BCUT2D eigenvalue weighted by atomic mass is 35.6. The van der Waals surface area contributed by atoms with E-state index in [9.17, 15) is 24.0 Å². The van der Waals surface area contributed by atoms with Gasteiger partial charge in [0.05, 0.1) is 38.9 Å². The molecule has 0 bridgehead atoms. The van der Waals surface area contributed by atoms with E-state index in [-0.39, 0.29) is 45.1 Å². The first kappa shape index (κ1) is 56.5. The maximum absolute atomic E-state index is 14.0. The van der Waals surface area contributed by atoms with Crippen LogP contribution in [0.15, 0.2) is 120 Å². The van der Waals surface area contributed by atoms with Gasteiger partial charge in [0.1, 0.15) is 55.0 Å². The van der Waals surface area contributed by atoms with Crippen LogP contribution in [0.2, 0.25) is 0 Å². The number of Topliss-reactive ketones (excluding diaryl/α,β-unsaturated/α-hetero) is 1. The van der Waals surface area contributed by atoms with Crippen LogP contribution in [0.1, 0.15) is 55.9 Å². The number of esters is 3. The third kappa shape index (κ3) is 18.3. The van der Waals surface area contributed by atoms with E-state index in [1.165, 1.54) is 13.8 Å². The topological polar surface area (TPSA) is 190 Å². The number of amides is 1. The number of benzene rings is 4. The molecule has 4 aromatic rings. The van der Waals surface area contributed by atoms with Gasteiger partial charge in [-0.1, -0.05) is 155 Å². The minimum absolute atomic E-state index is 0.00516. The van der Waals surface area contributed by atoms with Gasteiger partial charge >= 0.3 is 24.0 Å². The summed E-state index contributed by atoms with van der Waals surface area (Å²) in [4.78, 5) is 66.1. The number of aryl methyl sites for hydroxylation is 1. The van der Waals surface area contributed by atoms with Gasteiger partial charge < -0.3 is 57.5 Å². The first-order chi connectivity index (χ1) is 34.5. The third-order valence-corrected chi connectivity index (χ3v) is 12.6. The third-order valence-electron chi connectivity index (χ3n) is 11.1. The molecule has 1 amide bonds. The highest BCUT2D eigenvalue weighted by Gasteiger charge is 2.56. The standard InChI is InChI=1S/C52H58Cl3NO15S/c1-32-20-23-39(24-21-32)72-50-43(56-51(61)66-31-52(53,54)55)46(45(67-35(4)59)41(69-50)30-63-34(3)58)71-49-48(70-42(60)25-22-33(2)57)47(65-28-38-18-12-7-13-19-38)44(64-27-37-16-10-6-11-17-37)40(68-49)29-62-26-36-14-8-5-9-15-36/h5-21,23-24,40-41,43-50H,22,25-31H2,1-4H3,(H,56,61)/t40-,41-,43-,44+,45+,46-,47+,48-,49+,50+/m1/s1. The second-order valence-electron chi connectivity index (χ2n) is 17.0. The fraction of sp³-hybridized carbons (Fsp3) is 0.442. The Kier molecular flexibility index (Phi) is 22.0. The van der Waals surface area contributed by atoms with Crippen LogP contribution in [0.3, 0.4) is 0 Å². The smallest absolute Gasteiger partial charge is 0.407 e. The van der Waals surface area contributed by atoms with Crippen molar-refractivity contribution in [1.82, 2.24) is 5.32 Å². The molecular formula is C52H58Cl3NO15S. The van der Waals surface area contributed by atoms with E-state index >= 15 is 0 Å². The van der Waals surface area contributed by atoms with Gasteiger partial charge in [0.25, 0.3) is 0 Å². The van der Waals surface area contributed by atoms with Crippen LogP contribution < -0.4 is 5.32 Å². The van der Waals surface area contributed by atoms with Gasteiger partial charge in [-0.2, -0.15) is 0 Å². The largest absolute Gasteiger partial charge is 0.463 e. The van der Waals surface area contributed by atoms with Crippen LogP contribution in [0.5, 0.6) is 0 Å². The van der Waals surface area contributed by atoms with E-state index in [2.05, 4.69) is 5.32 Å². The molecule has 10 atom stereocenters. The summed E-state index contributed by atoms with van der Waals surface area (Å²) in [5.74, 6) is -2.51. The summed E-state index contributed by atoms with van der Waals surface area (Å²) >= 11 is 19.1. The van der Waals surface area contributed by atoms with Crippen molar-refractivity contribution in [3.05, 3.63) is 138 Å². The molecule has 4 aromatic carbocycles. The van der Waals surface area contributed by atoms with E-state index in [0.717, 1.165) is 40.9 Å². The van der Waals surface area contributed by atoms with Gasteiger partial charge in [-0.25, -0.2) is 4.79 Å². The number of hydrogen-bond acceptors (Lipinski definition) is 16. The summed E-state index contributed by atoms with van der Waals surface area (Å²) in [7, 11) is 0. The Morgan fingerprint density at radius 1 is 0.611 bits per heavy atom. The van der Waals surface area contributed by atoms with Crippen molar-refractivity contribution in [2.75, 3.05) is 19.8 Å². The number of thioether (sulfide) groups is 1. The first-order valence-corrected chi connectivity index (χ1v) is 25.1. The summed E-state index contributed by atoms with van der Waals surface area (Å²) in [5, 5.41) is 2.77. The monoisotopic (exact) mass is 1070 g/mol. The Hall–Kier alpha value is -4.79. The molecule has 0 aliphatic carbocycles. The van der Waals surface area contributed by atoms with Gasteiger partial charge in [-0.3, -0.25) is 14.4 Å². The summed E-state index contributed by atoms with van der Waals surface area (Å²) < 4.78 is 61.4. The summed E-state index contributed by atoms with van der Waals surface area (Å²) in [6.07, 6.45) is -12.1. The molecule has 2 aliphatic heterocycles. The zero-order valence-corrected chi connectivity index (χ0v) is 43.2.